The van der Waals surface area contributed by atoms with Gasteiger partial charge in [-0.3, -0.25) is 0 Å². The summed E-state index contributed by atoms with van der Waals surface area (Å²) in [4.78, 5) is 14.2. The maximum absolute atomic E-state index is 11.7. The van der Waals surface area contributed by atoms with Crippen LogP contribution in [0.2, 0.25) is 0 Å². The molecule has 2 aliphatic rings. The highest BCUT2D eigenvalue weighted by Crippen LogP contribution is 2.31. The van der Waals surface area contributed by atoms with Crippen LogP contribution in [0, 0.1) is 11.8 Å². The number of nitrogens with zero attached hydrogens (tertiary/aromatic N) is 1. The smallest absolute Gasteiger partial charge is 0.314 e. The molecule has 1 heterocycles. The lowest BCUT2D eigenvalue weighted by Gasteiger charge is -2.18. The summed E-state index contributed by atoms with van der Waals surface area (Å²) in [7, 11) is 0. The van der Waals surface area contributed by atoms with Crippen molar-refractivity contribution in [1.29, 1.82) is 0 Å². The number of aliphatic hydroxyl groups excluding tert-OH is 1. The van der Waals surface area contributed by atoms with Gasteiger partial charge in [-0.25, -0.2) is 4.79 Å². The third-order valence-electron chi connectivity index (χ3n) is 4.70. The highest BCUT2D eigenvalue weighted by Gasteiger charge is 2.34. The lowest BCUT2D eigenvalue weighted by Crippen LogP contribution is -2.43. The Balaban J connectivity index is 1.56. The molecule has 5 nitrogen and oxygen atoms in total. The maximum Gasteiger partial charge on any atom is 0.314 e. The maximum atomic E-state index is 11.7. The summed E-state index contributed by atoms with van der Waals surface area (Å²) in [5, 5.41) is 15.5. The van der Waals surface area contributed by atoms with Gasteiger partial charge in [0, 0.05) is 25.7 Å². The number of hydrogen-bond acceptors (Lipinski definition) is 3. The highest BCUT2D eigenvalue weighted by atomic mass is 16.3. The van der Waals surface area contributed by atoms with Crippen molar-refractivity contribution in [1.82, 2.24) is 15.5 Å². The average Bonchev–Trinajstić information content (AvgIpc) is 3.20. The molecule has 2 rings (SSSR count). The van der Waals surface area contributed by atoms with Gasteiger partial charge < -0.3 is 20.6 Å². The van der Waals surface area contributed by atoms with E-state index in [2.05, 4.69) is 15.5 Å². The predicted molar refractivity (Wildman–Crippen MR) is 79.6 cm³/mol. The normalized spacial score (nSPS) is 26.2. The number of hydrogen-bond donors (Lipinski definition) is 3. The molecule has 3 atom stereocenters. The monoisotopic (exact) mass is 283 g/mol. The Kier molecular flexibility index (Phi) is 5.66. The highest BCUT2D eigenvalue weighted by molar-refractivity contribution is 5.73. The van der Waals surface area contributed by atoms with Crippen molar-refractivity contribution < 1.29 is 9.90 Å². The molecule has 3 unspecified atom stereocenters. The minimum atomic E-state index is -0.456. The molecule has 0 bridgehead atoms. The molecule has 0 aromatic carbocycles. The van der Waals surface area contributed by atoms with Gasteiger partial charge >= 0.3 is 6.03 Å². The van der Waals surface area contributed by atoms with Gasteiger partial charge in [0.15, 0.2) is 0 Å². The minimum absolute atomic E-state index is 0.155. The van der Waals surface area contributed by atoms with Crippen LogP contribution in [0.3, 0.4) is 0 Å². The molecule has 116 valence electrons. The summed E-state index contributed by atoms with van der Waals surface area (Å²) in [5.74, 6) is 0.804. The van der Waals surface area contributed by atoms with E-state index in [9.17, 15) is 9.90 Å². The summed E-state index contributed by atoms with van der Waals surface area (Å²) in [6.45, 7) is 7.43. The molecule has 0 aromatic heterocycles. The van der Waals surface area contributed by atoms with Crippen molar-refractivity contribution in [3.05, 3.63) is 0 Å². The van der Waals surface area contributed by atoms with Crippen LogP contribution >= 0.6 is 0 Å². The van der Waals surface area contributed by atoms with E-state index in [1.54, 1.807) is 0 Å². The van der Waals surface area contributed by atoms with E-state index in [1.165, 1.54) is 25.8 Å². The van der Waals surface area contributed by atoms with E-state index in [0.717, 1.165) is 25.6 Å². The van der Waals surface area contributed by atoms with Crippen LogP contribution in [-0.2, 0) is 0 Å². The van der Waals surface area contributed by atoms with Crippen molar-refractivity contribution in [3.8, 4) is 0 Å². The molecule has 1 aliphatic heterocycles. The standard InChI is InChI=1S/C15H29N3O2/c1-3-11(2)14(19)9-17-15(20)16-8-12-6-7-18(10-12)13-4-5-13/h11-14,19H,3-10H2,1-2H3,(H2,16,17,20). The lowest BCUT2D eigenvalue weighted by molar-refractivity contribution is 0.114. The van der Waals surface area contributed by atoms with E-state index in [-0.39, 0.29) is 11.9 Å². The Hall–Kier alpha value is -0.810. The van der Waals surface area contributed by atoms with Crippen molar-refractivity contribution in [3.63, 3.8) is 0 Å². The first kappa shape index (κ1) is 15.6. The topological polar surface area (TPSA) is 64.6 Å². The Labute approximate surface area is 122 Å². The van der Waals surface area contributed by atoms with Crippen molar-refractivity contribution in [2.24, 2.45) is 11.8 Å². The molecular formula is C15H29N3O2. The zero-order valence-corrected chi connectivity index (χ0v) is 12.8. The Morgan fingerprint density at radius 1 is 1.35 bits per heavy atom. The predicted octanol–water partition coefficient (Wildman–Crippen LogP) is 1.18. The van der Waals surface area contributed by atoms with Crippen LogP contribution in [-0.4, -0.2) is 54.4 Å². The van der Waals surface area contributed by atoms with Crippen LogP contribution in [0.15, 0.2) is 0 Å². The zero-order chi connectivity index (χ0) is 14.5. The number of rotatable bonds is 7. The minimum Gasteiger partial charge on any atom is -0.391 e. The molecule has 20 heavy (non-hydrogen) atoms. The molecular weight excluding hydrogens is 254 g/mol. The molecule has 2 amide bonds. The number of carbonyl (C=O) groups is 1. The number of nitrogens with one attached hydrogen (secondary N) is 2. The van der Waals surface area contributed by atoms with E-state index >= 15 is 0 Å². The fraction of sp³-hybridized carbons (Fsp3) is 0.933. The number of aliphatic hydroxyl groups is 1. The average molecular weight is 283 g/mol. The Morgan fingerprint density at radius 3 is 2.75 bits per heavy atom. The van der Waals surface area contributed by atoms with Gasteiger partial charge in [-0.15, -0.1) is 0 Å². The first-order valence-electron chi connectivity index (χ1n) is 8.04. The lowest BCUT2D eigenvalue weighted by atomic mass is 10.0. The fourth-order valence-corrected chi connectivity index (χ4v) is 2.77. The van der Waals surface area contributed by atoms with E-state index in [0.29, 0.717) is 12.5 Å². The van der Waals surface area contributed by atoms with Crippen LogP contribution < -0.4 is 10.6 Å². The Morgan fingerprint density at radius 2 is 2.10 bits per heavy atom. The van der Waals surface area contributed by atoms with E-state index < -0.39 is 6.10 Å². The second-order valence-corrected chi connectivity index (χ2v) is 6.42. The van der Waals surface area contributed by atoms with Gasteiger partial charge in [-0.05, 0) is 37.6 Å². The first-order chi connectivity index (χ1) is 9.60. The number of likely N-dealkylation sites (tertiary alicyclic amines) is 1. The van der Waals surface area contributed by atoms with Gasteiger partial charge in [0.2, 0.25) is 0 Å². The second kappa shape index (κ2) is 7.27. The molecule has 0 radical (unpaired) electrons. The van der Waals surface area contributed by atoms with E-state index in [4.69, 9.17) is 0 Å². The Bertz CT molecular complexity index is 320. The van der Waals surface area contributed by atoms with Gasteiger partial charge in [0.25, 0.3) is 0 Å². The van der Waals surface area contributed by atoms with Gasteiger partial charge in [0.1, 0.15) is 0 Å². The van der Waals surface area contributed by atoms with Crippen molar-refractivity contribution in [2.75, 3.05) is 26.2 Å². The molecule has 0 spiro atoms. The van der Waals surface area contributed by atoms with Crippen molar-refractivity contribution in [2.45, 2.75) is 51.7 Å². The van der Waals surface area contributed by atoms with Crippen molar-refractivity contribution >= 4 is 6.03 Å². The molecule has 2 fully saturated rings. The van der Waals surface area contributed by atoms with Crippen LogP contribution in [0.1, 0.15) is 39.5 Å². The molecule has 1 saturated heterocycles. The summed E-state index contributed by atoms with van der Waals surface area (Å²) >= 11 is 0. The molecule has 1 aliphatic carbocycles. The SMILES string of the molecule is CCC(C)C(O)CNC(=O)NCC1CCN(C2CC2)C1. The van der Waals surface area contributed by atoms with Crippen LogP contribution in [0.5, 0.6) is 0 Å². The molecule has 5 heteroatoms. The number of amides is 2. The molecule has 0 aromatic rings. The van der Waals surface area contributed by atoms with E-state index in [1.807, 2.05) is 13.8 Å². The quantitative estimate of drug-likeness (QED) is 0.657. The third kappa shape index (κ3) is 4.63. The fourth-order valence-electron chi connectivity index (χ4n) is 2.77. The first-order valence-corrected chi connectivity index (χ1v) is 8.04. The number of urea groups is 1. The summed E-state index contributed by atoms with van der Waals surface area (Å²) in [6, 6.07) is 0.678. The van der Waals surface area contributed by atoms with Crippen LogP contribution in [0.25, 0.3) is 0 Å². The van der Waals surface area contributed by atoms with Gasteiger partial charge in [0.05, 0.1) is 6.10 Å². The number of carbonyl (C=O) groups excluding carboxylic acids is 1. The third-order valence-corrected chi connectivity index (χ3v) is 4.70. The largest absolute Gasteiger partial charge is 0.391 e. The van der Waals surface area contributed by atoms with Crippen LogP contribution in [0.4, 0.5) is 4.79 Å². The molecule has 1 saturated carbocycles. The molecule has 3 N–H and O–H groups in total. The van der Waals surface area contributed by atoms with Gasteiger partial charge in [-0.1, -0.05) is 20.3 Å². The zero-order valence-electron chi connectivity index (χ0n) is 12.8. The summed E-state index contributed by atoms with van der Waals surface area (Å²) < 4.78 is 0. The summed E-state index contributed by atoms with van der Waals surface area (Å²) in [6.07, 6.45) is 4.36. The van der Waals surface area contributed by atoms with Gasteiger partial charge in [-0.2, -0.15) is 0 Å². The second-order valence-electron chi connectivity index (χ2n) is 6.42. The summed E-state index contributed by atoms with van der Waals surface area (Å²) in [5.41, 5.74) is 0.